The second-order valence-electron chi connectivity index (χ2n) is 5.88. The molecule has 0 saturated carbocycles. The van der Waals surface area contributed by atoms with Gasteiger partial charge in [-0.05, 0) is 42.8 Å². The van der Waals surface area contributed by atoms with Crippen molar-refractivity contribution in [2.24, 2.45) is 0 Å². The molecule has 0 bridgehead atoms. The summed E-state index contributed by atoms with van der Waals surface area (Å²) in [6.45, 7) is 1.97. The van der Waals surface area contributed by atoms with Crippen LogP contribution < -0.4 is 5.73 Å². The van der Waals surface area contributed by atoms with E-state index in [2.05, 4.69) is 9.97 Å². The molecule has 1 aromatic carbocycles. The normalized spacial score (nSPS) is 12.6. The van der Waals surface area contributed by atoms with E-state index in [1.54, 1.807) is 30.3 Å². The molecule has 128 valence electrons. The summed E-state index contributed by atoms with van der Waals surface area (Å²) in [5, 5.41) is 1.62. The zero-order chi connectivity index (χ0) is 18.0. The zero-order valence-corrected chi connectivity index (χ0v) is 14.8. The van der Waals surface area contributed by atoms with Gasteiger partial charge in [0.05, 0.1) is 11.1 Å². The van der Waals surface area contributed by atoms with Crippen molar-refractivity contribution in [2.45, 2.75) is 13.0 Å². The second-order valence-corrected chi connectivity index (χ2v) is 6.29. The quantitative estimate of drug-likeness (QED) is 0.694. The third kappa shape index (κ3) is 3.51. The number of benzene rings is 1. The number of pyridine rings is 1. The molecule has 0 fully saturated rings. The van der Waals surface area contributed by atoms with Crippen LogP contribution in [0.25, 0.3) is 17.0 Å². The Morgan fingerprint density at radius 3 is 2.88 bits per heavy atom. The van der Waals surface area contributed by atoms with Crippen molar-refractivity contribution in [3.05, 3.63) is 65.0 Å². The number of carbonyl (C=O) groups excluding carboxylic acids is 1. The molecule has 0 aliphatic carbocycles. The first-order chi connectivity index (χ1) is 12.0. The molecule has 5 nitrogen and oxygen atoms in total. The van der Waals surface area contributed by atoms with Crippen LogP contribution >= 0.6 is 11.6 Å². The number of rotatable bonds is 4. The zero-order valence-electron chi connectivity index (χ0n) is 14.0. The minimum atomic E-state index is -0.129. The summed E-state index contributed by atoms with van der Waals surface area (Å²) < 4.78 is 0. The van der Waals surface area contributed by atoms with Gasteiger partial charge in [-0.1, -0.05) is 17.7 Å². The molecule has 1 amide bonds. The van der Waals surface area contributed by atoms with Gasteiger partial charge in [0.2, 0.25) is 5.91 Å². The van der Waals surface area contributed by atoms with Crippen LogP contribution in [-0.4, -0.2) is 27.8 Å². The fourth-order valence-corrected chi connectivity index (χ4v) is 2.98. The molecule has 1 atom stereocenters. The summed E-state index contributed by atoms with van der Waals surface area (Å²) in [6, 6.07) is 9.10. The Morgan fingerprint density at radius 2 is 2.16 bits per heavy atom. The van der Waals surface area contributed by atoms with Gasteiger partial charge in [-0.2, -0.15) is 0 Å². The molecule has 0 aliphatic rings. The summed E-state index contributed by atoms with van der Waals surface area (Å²) in [4.78, 5) is 21.4. The maximum atomic E-state index is 12.5. The first kappa shape index (κ1) is 17.0. The summed E-state index contributed by atoms with van der Waals surface area (Å²) >= 11 is 6.33. The van der Waals surface area contributed by atoms with Gasteiger partial charge in [0.15, 0.2) is 0 Å². The first-order valence-corrected chi connectivity index (χ1v) is 8.27. The number of hydrogen-bond acceptors (Lipinski definition) is 3. The molecule has 3 aromatic rings. The third-order valence-electron chi connectivity index (χ3n) is 4.29. The van der Waals surface area contributed by atoms with E-state index < -0.39 is 0 Å². The number of hydrogen-bond donors (Lipinski definition) is 2. The summed E-state index contributed by atoms with van der Waals surface area (Å²) in [6.07, 6.45) is 6.78. The summed E-state index contributed by atoms with van der Waals surface area (Å²) in [5.41, 5.74) is 8.32. The Bertz CT molecular complexity index is 930. The maximum Gasteiger partial charge on any atom is 0.246 e. The Morgan fingerprint density at radius 1 is 1.36 bits per heavy atom. The van der Waals surface area contributed by atoms with Crippen molar-refractivity contribution in [2.75, 3.05) is 12.8 Å². The number of H-pyrrole nitrogens is 1. The van der Waals surface area contributed by atoms with Crippen LogP contribution in [0.3, 0.4) is 0 Å². The number of nitrogen functional groups attached to an aromatic ring is 1. The van der Waals surface area contributed by atoms with E-state index in [1.807, 2.05) is 37.4 Å². The summed E-state index contributed by atoms with van der Waals surface area (Å²) in [7, 11) is 1.77. The molecular weight excluding hydrogens is 336 g/mol. The van der Waals surface area contributed by atoms with Crippen molar-refractivity contribution in [1.82, 2.24) is 14.9 Å². The predicted octanol–water partition coefficient (Wildman–Crippen LogP) is 4.03. The van der Waals surface area contributed by atoms with E-state index >= 15 is 0 Å². The number of halogens is 1. The average Bonchev–Trinajstić information content (AvgIpc) is 3.05. The second kappa shape index (κ2) is 6.99. The van der Waals surface area contributed by atoms with E-state index in [1.165, 1.54) is 6.08 Å². The van der Waals surface area contributed by atoms with Crippen LogP contribution in [0.2, 0.25) is 5.02 Å². The molecule has 6 heteroatoms. The van der Waals surface area contributed by atoms with Gasteiger partial charge in [0.25, 0.3) is 0 Å². The molecule has 0 radical (unpaired) electrons. The lowest BCUT2D eigenvalue weighted by Gasteiger charge is -2.23. The SMILES string of the molecule is CC(c1c[nH]c2cccc(Cl)c12)N(C)C(=O)C=Cc1ccc(N)nc1. The Hall–Kier alpha value is -2.79. The van der Waals surface area contributed by atoms with Gasteiger partial charge < -0.3 is 15.6 Å². The van der Waals surface area contributed by atoms with E-state index in [4.69, 9.17) is 17.3 Å². The molecule has 3 rings (SSSR count). The van der Waals surface area contributed by atoms with Crippen LogP contribution in [0.15, 0.2) is 48.8 Å². The number of nitrogens with zero attached hydrogens (tertiary/aromatic N) is 2. The number of amides is 1. The molecule has 2 aromatic heterocycles. The number of anilines is 1. The third-order valence-corrected chi connectivity index (χ3v) is 4.61. The molecule has 0 saturated heterocycles. The lowest BCUT2D eigenvalue weighted by atomic mass is 10.1. The van der Waals surface area contributed by atoms with Gasteiger partial charge >= 0.3 is 0 Å². The van der Waals surface area contributed by atoms with Crippen LogP contribution in [-0.2, 0) is 4.79 Å². The number of likely N-dealkylation sites (N-methyl/N-ethyl adjacent to an activating group) is 1. The standard InChI is InChI=1S/C19H19ClN4O/c1-12(14-11-22-16-5-3-4-15(20)19(14)16)24(2)18(25)9-7-13-6-8-17(21)23-10-13/h3-12,22H,1-2H3,(H2,21,23). The molecule has 1 unspecified atom stereocenters. The van der Waals surface area contributed by atoms with Crippen molar-refractivity contribution < 1.29 is 4.79 Å². The smallest absolute Gasteiger partial charge is 0.246 e. The number of fused-ring (bicyclic) bond motifs is 1. The van der Waals surface area contributed by atoms with Gasteiger partial charge in [0.1, 0.15) is 5.82 Å². The molecular formula is C19H19ClN4O. The fraction of sp³-hybridized carbons (Fsp3) is 0.158. The Kier molecular flexibility index (Phi) is 4.76. The van der Waals surface area contributed by atoms with E-state index in [9.17, 15) is 4.79 Å². The highest BCUT2D eigenvalue weighted by atomic mass is 35.5. The predicted molar refractivity (Wildman–Crippen MR) is 102 cm³/mol. The van der Waals surface area contributed by atoms with Crippen molar-refractivity contribution in [3.8, 4) is 0 Å². The van der Waals surface area contributed by atoms with Gasteiger partial charge in [-0.25, -0.2) is 4.98 Å². The largest absolute Gasteiger partial charge is 0.384 e. The highest BCUT2D eigenvalue weighted by Gasteiger charge is 2.19. The van der Waals surface area contributed by atoms with Crippen molar-refractivity contribution >= 4 is 40.3 Å². The van der Waals surface area contributed by atoms with Crippen molar-refractivity contribution in [3.63, 3.8) is 0 Å². The topological polar surface area (TPSA) is 75.0 Å². The number of carbonyl (C=O) groups is 1. The Labute approximate surface area is 151 Å². The molecule has 0 aliphatic heterocycles. The molecule has 25 heavy (non-hydrogen) atoms. The fourth-order valence-electron chi connectivity index (χ4n) is 2.69. The monoisotopic (exact) mass is 354 g/mol. The Balaban J connectivity index is 1.80. The first-order valence-electron chi connectivity index (χ1n) is 7.89. The molecule has 0 spiro atoms. The lowest BCUT2D eigenvalue weighted by Crippen LogP contribution is -2.27. The highest BCUT2D eigenvalue weighted by Crippen LogP contribution is 2.32. The van der Waals surface area contributed by atoms with Crippen LogP contribution in [0.1, 0.15) is 24.1 Å². The molecule has 2 heterocycles. The van der Waals surface area contributed by atoms with E-state index in [0.717, 1.165) is 22.0 Å². The maximum absolute atomic E-state index is 12.5. The molecule has 3 N–H and O–H groups in total. The number of nitrogens with one attached hydrogen (secondary N) is 1. The van der Waals surface area contributed by atoms with Gasteiger partial charge in [-0.15, -0.1) is 0 Å². The van der Waals surface area contributed by atoms with E-state index in [-0.39, 0.29) is 11.9 Å². The average molecular weight is 355 g/mol. The number of aromatic nitrogens is 2. The minimum absolute atomic E-state index is 0.106. The van der Waals surface area contributed by atoms with Crippen molar-refractivity contribution in [1.29, 1.82) is 0 Å². The van der Waals surface area contributed by atoms with Crippen LogP contribution in [0.5, 0.6) is 0 Å². The van der Waals surface area contributed by atoms with Gasteiger partial charge in [0, 0.05) is 42.0 Å². The van der Waals surface area contributed by atoms with Gasteiger partial charge in [-0.3, -0.25) is 4.79 Å². The number of aromatic amines is 1. The number of nitrogens with two attached hydrogens (primary N) is 1. The van der Waals surface area contributed by atoms with E-state index in [0.29, 0.717) is 10.8 Å². The van der Waals surface area contributed by atoms with Crippen LogP contribution in [0.4, 0.5) is 5.82 Å². The lowest BCUT2D eigenvalue weighted by molar-refractivity contribution is -0.126. The summed E-state index contributed by atoms with van der Waals surface area (Å²) in [5.74, 6) is 0.344. The van der Waals surface area contributed by atoms with Crippen LogP contribution in [0, 0.1) is 0 Å². The minimum Gasteiger partial charge on any atom is -0.384 e. The highest BCUT2D eigenvalue weighted by molar-refractivity contribution is 6.35.